The maximum atomic E-state index is 12.1. The zero-order chi connectivity index (χ0) is 14.9. The Bertz CT molecular complexity index is 679. The Balaban J connectivity index is 2.28. The summed E-state index contributed by atoms with van der Waals surface area (Å²) < 4.78 is 0.684. The molecule has 0 atom stereocenters. The largest absolute Gasteiger partial charge is 0.301 e. The van der Waals surface area contributed by atoms with Gasteiger partial charge >= 0.3 is 0 Å². The zero-order valence-corrected chi connectivity index (χ0v) is 12.3. The van der Waals surface area contributed by atoms with Crippen molar-refractivity contribution >= 4 is 38.3 Å². The summed E-state index contributed by atoms with van der Waals surface area (Å²) in [6.07, 6.45) is 0.717. The van der Waals surface area contributed by atoms with E-state index in [9.17, 15) is 14.9 Å². The van der Waals surface area contributed by atoms with Crippen molar-refractivity contribution in [3.8, 4) is 0 Å². The molecule has 20 heavy (non-hydrogen) atoms. The molecule has 7 heteroatoms. The lowest BCUT2D eigenvalue weighted by Crippen LogP contribution is -2.29. The smallest absolute Gasteiger partial charge is 0.270 e. The zero-order valence-electron chi connectivity index (χ0n) is 11.5. The van der Waals surface area contributed by atoms with Gasteiger partial charge in [0.1, 0.15) is 0 Å². The molecule has 0 bridgehead atoms. The number of nitrogens with one attached hydrogen (secondary N) is 1. The van der Waals surface area contributed by atoms with E-state index in [0.29, 0.717) is 15.3 Å². The van der Waals surface area contributed by atoms with Gasteiger partial charge in [-0.25, -0.2) is 4.98 Å². The van der Waals surface area contributed by atoms with Gasteiger partial charge in [0.25, 0.3) is 5.69 Å². The van der Waals surface area contributed by atoms with Crippen molar-refractivity contribution in [3.63, 3.8) is 0 Å². The van der Waals surface area contributed by atoms with Crippen molar-refractivity contribution in [1.29, 1.82) is 0 Å². The third-order valence-electron chi connectivity index (χ3n) is 3.30. The topological polar surface area (TPSA) is 85.1 Å². The second-order valence-corrected chi connectivity index (χ2v) is 6.15. The van der Waals surface area contributed by atoms with Crippen LogP contribution in [0.1, 0.15) is 27.2 Å². The molecule has 0 aliphatic carbocycles. The Labute approximate surface area is 120 Å². The Morgan fingerprint density at radius 1 is 1.50 bits per heavy atom. The molecule has 1 amide bonds. The van der Waals surface area contributed by atoms with E-state index in [1.54, 1.807) is 6.07 Å². The normalized spacial score (nSPS) is 11.6. The molecule has 0 unspecified atom stereocenters. The number of rotatable bonds is 4. The van der Waals surface area contributed by atoms with Crippen molar-refractivity contribution < 1.29 is 9.72 Å². The molecule has 2 rings (SSSR count). The summed E-state index contributed by atoms with van der Waals surface area (Å²) in [6.45, 7) is 5.67. The van der Waals surface area contributed by atoms with Crippen LogP contribution < -0.4 is 5.32 Å². The molecule has 2 aromatic rings. The fourth-order valence-corrected chi connectivity index (χ4v) is 2.40. The van der Waals surface area contributed by atoms with Gasteiger partial charge in [-0.1, -0.05) is 32.1 Å². The van der Waals surface area contributed by atoms with E-state index in [1.165, 1.54) is 23.5 Å². The molecule has 0 aliphatic rings. The number of nitrogens with zero attached hydrogens (tertiary/aromatic N) is 2. The number of carbonyl (C=O) groups is 1. The van der Waals surface area contributed by atoms with Crippen LogP contribution in [0.25, 0.3) is 10.2 Å². The van der Waals surface area contributed by atoms with Crippen LogP contribution in [0.3, 0.4) is 0 Å². The number of non-ortho nitro benzene ring substituents is 1. The number of aromatic nitrogens is 1. The lowest BCUT2D eigenvalue weighted by Gasteiger charge is -2.20. The van der Waals surface area contributed by atoms with Crippen molar-refractivity contribution in [3.05, 3.63) is 28.3 Å². The third-order valence-corrected chi connectivity index (χ3v) is 4.24. The van der Waals surface area contributed by atoms with Crippen molar-refractivity contribution in [2.45, 2.75) is 27.2 Å². The lowest BCUT2D eigenvalue weighted by molar-refractivity contribution is -0.384. The van der Waals surface area contributed by atoms with E-state index in [4.69, 9.17) is 0 Å². The summed E-state index contributed by atoms with van der Waals surface area (Å²) in [7, 11) is 0. The molecule has 6 nitrogen and oxygen atoms in total. The maximum Gasteiger partial charge on any atom is 0.270 e. The highest BCUT2D eigenvalue weighted by molar-refractivity contribution is 7.22. The first-order valence-corrected chi connectivity index (χ1v) is 7.01. The summed E-state index contributed by atoms with van der Waals surface area (Å²) in [4.78, 5) is 26.6. The Morgan fingerprint density at radius 2 is 2.20 bits per heavy atom. The number of anilines is 1. The van der Waals surface area contributed by atoms with Crippen LogP contribution in [0.15, 0.2) is 18.2 Å². The fraction of sp³-hybridized carbons (Fsp3) is 0.385. The molecule has 1 N–H and O–H groups in total. The van der Waals surface area contributed by atoms with Gasteiger partial charge in [-0.15, -0.1) is 0 Å². The van der Waals surface area contributed by atoms with Crippen LogP contribution >= 0.6 is 11.3 Å². The van der Waals surface area contributed by atoms with Gasteiger partial charge in [-0.05, 0) is 12.5 Å². The number of fused-ring (bicyclic) bond motifs is 1. The summed E-state index contributed by atoms with van der Waals surface area (Å²) in [5.41, 5.74) is 0.197. The van der Waals surface area contributed by atoms with E-state index in [-0.39, 0.29) is 11.6 Å². The van der Waals surface area contributed by atoms with E-state index >= 15 is 0 Å². The number of nitro benzene ring substituents is 1. The molecule has 1 aromatic carbocycles. The molecule has 0 aliphatic heterocycles. The van der Waals surface area contributed by atoms with Gasteiger partial charge in [0.2, 0.25) is 5.91 Å². The van der Waals surface area contributed by atoms with Gasteiger partial charge < -0.3 is 5.32 Å². The number of amides is 1. The highest BCUT2D eigenvalue weighted by Crippen LogP contribution is 2.30. The maximum absolute atomic E-state index is 12.1. The minimum absolute atomic E-state index is 0.0212. The molecule has 106 valence electrons. The fourth-order valence-electron chi connectivity index (χ4n) is 1.51. The molecular weight excluding hydrogens is 278 g/mol. The molecule has 1 aromatic heterocycles. The number of nitro groups is 1. The Kier molecular flexibility index (Phi) is 3.71. The van der Waals surface area contributed by atoms with Crippen LogP contribution in [-0.4, -0.2) is 15.8 Å². The number of benzene rings is 1. The van der Waals surface area contributed by atoms with Crippen molar-refractivity contribution in [2.24, 2.45) is 5.41 Å². The first kappa shape index (κ1) is 14.4. The van der Waals surface area contributed by atoms with Crippen molar-refractivity contribution in [1.82, 2.24) is 4.98 Å². The van der Waals surface area contributed by atoms with Crippen LogP contribution in [0.2, 0.25) is 0 Å². The Morgan fingerprint density at radius 3 is 2.80 bits per heavy atom. The lowest BCUT2D eigenvalue weighted by atomic mass is 9.89. The van der Waals surface area contributed by atoms with Crippen molar-refractivity contribution in [2.75, 3.05) is 5.32 Å². The average molecular weight is 293 g/mol. The minimum Gasteiger partial charge on any atom is -0.301 e. The summed E-state index contributed by atoms with van der Waals surface area (Å²) in [6, 6.07) is 4.46. The van der Waals surface area contributed by atoms with Crippen LogP contribution in [0.5, 0.6) is 0 Å². The first-order valence-electron chi connectivity index (χ1n) is 6.20. The van der Waals surface area contributed by atoms with E-state index < -0.39 is 10.3 Å². The molecule has 0 fully saturated rings. The molecule has 0 saturated heterocycles. The molecule has 0 spiro atoms. The highest BCUT2D eigenvalue weighted by atomic mass is 32.1. The van der Waals surface area contributed by atoms with Gasteiger partial charge in [0.15, 0.2) is 5.13 Å². The third kappa shape index (κ3) is 2.77. The average Bonchev–Trinajstić information content (AvgIpc) is 2.79. The second-order valence-electron chi connectivity index (χ2n) is 5.12. The first-order chi connectivity index (χ1) is 9.33. The van der Waals surface area contributed by atoms with Gasteiger partial charge in [0.05, 0.1) is 15.1 Å². The van der Waals surface area contributed by atoms with Gasteiger partial charge in [-0.2, -0.15) is 0 Å². The Hall–Kier alpha value is -2.02. The van der Waals surface area contributed by atoms with Gasteiger partial charge in [-0.3, -0.25) is 14.9 Å². The summed E-state index contributed by atoms with van der Waals surface area (Å²) in [5.74, 6) is -0.103. The predicted molar refractivity (Wildman–Crippen MR) is 79.0 cm³/mol. The number of thiazole rings is 1. The van der Waals surface area contributed by atoms with Crippen LogP contribution in [-0.2, 0) is 4.79 Å². The van der Waals surface area contributed by atoms with Gasteiger partial charge in [0, 0.05) is 17.5 Å². The monoisotopic (exact) mass is 293 g/mol. The van der Waals surface area contributed by atoms with E-state index in [0.717, 1.165) is 6.42 Å². The quantitative estimate of drug-likeness (QED) is 0.689. The van der Waals surface area contributed by atoms with E-state index in [2.05, 4.69) is 10.3 Å². The molecular formula is C13H15N3O3S. The molecule has 1 heterocycles. The number of carbonyl (C=O) groups excluding carboxylic acids is 1. The highest BCUT2D eigenvalue weighted by Gasteiger charge is 2.26. The van der Waals surface area contributed by atoms with E-state index in [1.807, 2.05) is 20.8 Å². The minimum atomic E-state index is -0.468. The predicted octanol–water partition coefficient (Wildman–Crippen LogP) is 3.58. The number of hydrogen-bond acceptors (Lipinski definition) is 5. The second kappa shape index (κ2) is 5.16. The summed E-state index contributed by atoms with van der Waals surface area (Å²) >= 11 is 1.24. The molecule has 0 radical (unpaired) electrons. The van der Waals surface area contributed by atoms with Crippen LogP contribution in [0, 0.1) is 15.5 Å². The number of hydrogen-bond donors (Lipinski definition) is 1. The standard InChI is InChI=1S/C13H15N3O3S/c1-4-13(2,3)11(17)15-12-14-9-6-5-8(16(18)19)7-10(9)20-12/h5-7H,4H2,1-3H3,(H,14,15,17). The summed E-state index contributed by atoms with van der Waals surface area (Å²) in [5, 5.41) is 14.0. The molecule has 0 saturated carbocycles. The van der Waals surface area contributed by atoms with Crippen LogP contribution in [0.4, 0.5) is 10.8 Å². The SMILES string of the molecule is CCC(C)(C)C(=O)Nc1nc2ccc([N+](=O)[O-])cc2s1.